The average molecular weight is 341 g/mol. The maximum atomic E-state index is 12.4. The van der Waals surface area contributed by atoms with Gasteiger partial charge in [0.25, 0.3) is 5.91 Å². The molecule has 0 atom stereocenters. The van der Waals surface area contributed by atoms with Crippen molar-refractivity contribution in [1.82, 2.24) is 9.80 Å². The normalized spacial score (nSPS) is 17.3. The summed E-state index contributed by atoms with van der Waals surface area (Å²) >= 11 is 3.28. The zero-order valence-electron chi connectivity index (χ0n) is 12.2. The van der Waals surface area contributed by atoms with E-state index in [9.17, 15) is 9.90 Å². The van der Waals surface area contributed by atoms with Crippen molar-refractivity contribution in [2.24, 2.45) is 0 Å². The van der Waals surface area contributed by atoms with E-state index in [-0.39, 0.29) is 17.2 Å². The van der Waals surface area contributed by atoms with Gasteiger partial charge in [0.2, 0.25) is 0 Å². The lowest BCUT2D eigenvalue weighted by Crippen LogP contribution is -2.54. The van der Waals surface area contributed by atoms with Gasteiger partial charge in [-0.15, -0.1) is 0 Å². The second kappa shape index (κ2) is 5.74. The molecule has 1 aliphatic rings. The van der Waals surface area contributed by atoms with Crippen LogP contribution >= 0.6 is 15.9 Å². The molecule has 1 aliphatic heterocycles. The quantitative estimate of drug-likeness (QED) is 0.854. The molecule has 5 heteroatoms. The van der Waals surface area contributed by atoms with Crippen LogP contribution in [0.4, 0.5) is 0 Å². The first-order chi connectivity index (χ1) is 9.29. The van der Waals surface area contributed by atoms with Crippen molar-refractivity contribution in [3.05, 3.63) is 28.2 Å². The number of carbonyl (C=O) groups is 1. The number of piperazine rings is 1. The predicted octanol–water partition coefficient (Wildman–Crippen LogP) is 2.71. The standard InChI is InChI=1S/C15H21BrN2O2/c1-15(2,3)18-8-6-17(7-9-18)14(20)12-5-4-11(16)10-13(12)19/h4-5,10,19H,6-9H2,1-3H3. The number of aromatic hydroxyl groups is 1. The lowest BCUT2D eigenvalue weighted by atomic mass is 10.0. The third-order valence-electron chi connectivity index (χ3n) is 3.71. The Morgan fingerprint density at radius 1 is 1.20 bits per heavy atom. The Morgan fingerprint density at radius 2 is 1.80 bits per heavy atom. The van der Waals surface area contributed by atoms with E-state index in [0.29, 0.717) is 18.7 Å². The number of benzene rings is 1. The highest BCUT2D eigenvalue weighted by Gasteiger charge is 2.28. The molecule has 1 amide bonds. The van der Waals surface area contributed by atoms with Crippen molar-refractivity contribution in [1.29, 1.82) is 0 Å². The maximum Gasteiger partial charge on any atom is 0.257 e. The summed E-state index contributed by atoms with van der Waals surface area (Å²) in [4.78, 5) is 16.6. The van der Waals surface area contributed by atoms with Crippen LogP contribution in [0.15, 0.2) is 22.7 Å². The number of rotatable bonds is 1. The summed E-state index contributed by atoms with van der Waals surface area (Å²) < 4.78 is 0.768. The van der Waals surface area contributed by atoms with Gasteiger partial charge < -0.3 is 10.0 Å². The zero-order chi connectivity index (χ0) is 14.9. The fourth-order valence-corrected chi connectivity index (χ4v) is 2.79. The highest BCUT2D eigenvalue weighted by atomic mass is 79.9. The molecule has 0 aliphatic carbocycles. The van der Waals surface area contributed by atoms with Crippen LogP contribution in [0, 0.1) is 0 Å². The minimum Gasteiger partial charge on any atom is -0.507 e. The Balaban J connectivity index is 2.05. The molecule has 1 heterocycles. The molecule has 0 aromatic heterocycles. The van der Waals surface area contributed by atoms with E-state index in [1.807, 2.05) is 4.90 Å². The fourth-order valence-electron chi connectivity index (χ4n) is 2.44. The Kier molecular flexibility index (Phi) is 4.39. The van der Waals surface area contributed by atoms with E-state index in [4.69, 9.17) is 0 Å². The second-order valence-electron chi connectivity index (χ2n) is 6.11. The van der Waals surface area contributed by atoms with Gasteiger partial charge >= 0.3 is 0 Å². The Bertz CT molecular complexity index is 503. The van der Waals surface area contributed by atoms with Crippen LogP contribution in [-0.2, 0) is 0 Å². The molecular weight excluding hydrogens is 320 g/mol. The molecular formula is C15H21BrN2O2. The van der Waals surface area contributed by atoms with Crippen LogP contribution < -0.4 is 0 Å². The van der Waals surface area contributed by atoms with E-state index in [2.05, 4.69) is 41.6 Å². The Morgan fingerprint density at radius 3 is 2.30 bits per heavy atom. The van der Waals surface area contributed by atoms with E-state index in [0.717, 1.165) is 17.6 Å². The van der Waals surface area contributed by atoms with Crippen LogP contribution in [-0.4, -0.2) is 52.5 Å². The molecule has 0 spiro atoms. The molecule has 4 nitrogen and oxygen atoms in total. The van der Waals surface area contributed by atoms with Crippen molar-refractivity contribution in [2.75, 3.05) is 26.2 Å². The van der Waals surface area contributed by atoms with Gasteiger partial charge in [0.1, 0.15) is 5.75 Å². The van der Waals surface area contributed by atoms with Gasteiger partial charge in [0, 0.05) is 36.2 Å². The second-order valence-corrected chi connectivity index (χ2v) is 7.03. The Labute approximate surface area is 128 Å². The van der Waals surface area contributed by atoms with Gasteiger partial charge in [0.15, 0.2) is 0 Å². The molecule has 20 heavy (non-hydrogen) atoms. The van der Waals surface area contributed by atoms with Gasteiger partial charge in [-0.25, -0.2) is 0 Å². The highest BCUT2D eigenvalue weighted by Crippen LogP contribution is 2.24. The first kappa shape index (κ1) is 15.3. The van der Waals surface area contributed by atoms with Crippen LogP contribution in [0.3, 0.4) is 0 Å². The van der Waals surface area contributed by atoms with E-state index >= 15 is 0 Å². The number of carbonyl (C=O) groups excluding carboxylic acids is 1. The number of hydrogen-bond donors (Lipinski definition) is 1. The van der Waals surface area contributed by atoms with Crippen LogP contribution in [0.5, 0.6) is 5.75 Å². The van der Waals surface area contributed by atoms with Gasteiger partial charge in [-0.2, -0.15) is 0 Å². The Hall–Kier alpha value is -1.07. The van der Waals surface area contributed by atoms with E-state index in [1.165, 1.54) is 0 Å². The topological polar surface area (TPSA) is 43.8 Å². The van der Waals surface area contributed by atoms with Gasteiger partial charge in [-0.1, -0.05) is 15.9 Å². The molecule has 0 saturated carbocycles. The number of phenols is 1. The van der Waals surface area contributed by atoms with Gasteiger partial charge in [0.05, 0.1) is 5.56 Å². The van der Waals surface area contributed by atoms with Gasteiger partial charge in [-0.3, -0.25) is 9.69 Å². The predicted molar refractivity (Wildman–Crippen MR) is 83.0 cm³/mol. The van der Waals surface area contributed by atoms with E-state index < -0.39 is 0 Å². The number of hydrogen-bond acceptors (Lipinski definition) is 3. The highest BCUT2D eigenvalue weighted by molar-refractivity contribution is 9.10. The molecule has 0 unspecified atom stereocenters. The smallest absolute Gasteiger partial charge is 0.257 e. The summed E-state index contributed by atoms with van der Waals surface area (Å²) in [6, 6.07) is 4.99. The SMILES string of the molecule is CC(C)(C)N1CCN(C(=O)c2ccc(Br)cc2O)CC1. The monoisotopic (exact) mass is 340 g/mol. The first-order valence-corrected chi connectivity index (χ1v) is 7.61. The molecule has 1 aromatic carbocycles. The number of halogens is 1. The van der Waals surface area contributed by atoms with Crippen molar-refractivity contribution in [3.8, 4) is 5.75 Å². The largest absolute Gasteiger partial charge is 0.507 e. The molecule has 110 valence electrons. The minimum atomic E-state index is -0.0939. The molecule has 0 radical (unpaired) electrons. The molecule has 1 aromatic rings. The third kappa shape index (κ3) is 3.33. The third-order valence-corrected chi connectivity index (χ3v) is 4.20. The molecule has 1 saturated heterocycles. The van der Waals surface area contributed by atoms with Gasteiger partial charge in [-0.05, 0) is 39.0 Å². The summed E-state index contributed by atoms with van der Waals surface area (Å²) in [6.07, 6.45) is 0. The number of phenolic OH excluding ortho intramolecular Hbond substituents is 1. The molecule has 2 rings (SSSR count). The summed E-state index contributed by atoms with van der Waals surface area (Å²) in [5.41, 5.74) is 0.506. The summed E-state index contributed by atoms with van der Waals surface area (Å²) in [7, 11) is 0. The van der Waals surface area contributed by atoms with Crippen molar-refractivity contribution in [2.45, 2.75) is 26.3 Å². The van der Waals surface area contributed by atoms with Crippen molar-refractivity contribution >= 4 is 21.8 Å². The average Bonchev–Trinajstić information content (AvgIpc) is 2.37. The summed E-state index contributed by atoms with van der Waals surface area (Å²) in [5, 5.41) is 9.89. The number of amides is 1. The lowest BCUT2D eigenvalue weighted by Gasteiger charge is -2.42. The number of nitrogens with zero attached hydrogens (tertiary/aromatic N) is 2. The summed E-state index contributed by atoms with van der Waals surface area (Å²) in [6.45, 7) is 9.69. The zero-order valence-corrected chi connectivity index (χ0v) is 13.8. The lowest BCUT2D eigenvalue weighted by molar-refractivity contribution is 0.0449. The van der Waals surface area contributed by atoms with Crippen LogP contribution in [0.1, 0.15) is 31.1 Å². The summed E-state index contributed by atoms with van der Waals surface area (Å²) in [5.74, 6) is -0.0637. The maximum absolute atomic E-state index is 12.4. The van der Waals surface area contributed by atoms with E-state index in [1.54, 1.807) is 18.2 Å². The first-order valence-electron chi connectivity index (χ1n) is 6.82. The van der Waals surface area contributed by atoms with Crippen molar-refractivity contribution in [3.63, 3.8) is 0 Å². The van der Waals surface area contributed by atoms with Crippen LogP contribution in [0.2, 0.25) is 0 Å². The van der Waals surface area contributed by atoms with Crippen LogP contribution in [0.25, 0.3) is 0 Å². The molecule has 1 fully saturated rings. The molecule has 1 N–H and O–H groups in total. The molecule has 0 bridgehead atoms. The fraction of sp³-hybridized carbons (Fsp3) is 0.533. The van der Waals surface area contributed by atoms with Crippen molar-refractivity contribution < 1.29 is 9.90 Å². The minimum absolute atomic E-state index is 0.0302.